The number of nitrogens with one attached hydrogen (secondary N) is 1. The summed E-state index contributed by atoms with van der Waals surface area (Å²) in [5.74, 6) is -0.282. The number of amides is 1. The van der Waals surface area contributed by atoms with Crippen LogP contribution in [-0.2, 0) is 4.79 Å². The van der Waals surface area contributed by atoms with Crippen molar-refractivity contribution in [2.24, 2.45) is 5.73 Å². The highest BCUT2D eigenvalue weighted by Gasteiger charge is 2.07. The molecule has 0 fully saturated rings. The Bertz CT molecular complexity index is 83.0. The summed E-state index contributed by atoms with van der Waals surface area (Å²) in [5.41, 5.74) is 4.96. The lowest BCUT2D eigenvalue weighted by atomic mass is 10.2. The molecule has 0 aromatic rings. The summed E-state index contributed by atoms with van der Waals surface area (Å²) in [7, 11) is 1.72. The van der Waals surface area contributed by atoms with Crippen molar-refractivity contribution >= 4 is 18.3 Å². The molecule has 0 aliphatic heterocycles. The van der Waals surface area contributed by atoms with Crippen molar-refractivity contribution < 1.29 is 4.79 Å². The van der Waals surface area contributed by atoms with Crippen LogP contribution in [0.1, 0.15) is 13.3 Å². The highest BCUT2D eigenvalue weighted by molar-refractivity contribution is 5.85. The van der Waals surface area contributed by atoms with Crippen LogP contribution >= 0.6 is 12.4 Å². The van der Waals surface area contributed by atoms with Crippen LogP contribution in [0.25, 0.3) is 0 Å². The van der Waals surface area contributed by atoms with Crippen molar-refractivity contribution in [2.45, 2.75) is 19.4 Å². The fourth-order valence-electron chi connectivity index (χ4n) is 0.548. The van der Waals surface area contributed by atoms with Crippen molar-refractivity contribution in [1.82, 2.24) is 5.32 Å². The van der Waals surface area contributed by atoms with Crippen LogP contribution in [0.15, 0.2) is 0 Å². The normalized spacial score (nSPS) is 11.8. The SMILES string of the molecule is CCC(NC)C(N)=O.Cl. The van der Waals surface area contributed by atoms with E-state index in [0.29, 0.717) is 0 Å². The Balaban J connectivity index is 0. The molecule has 0 aliphatic rings. The van der Waals surface area contributed by atoms with E-state index in [1.807, 2.05) is 6.92 Å². The molecule has 0 rings (SSSR count). The summed E-state index contributed by atoms with van der Waals surface area (Å²) in [6.45, 7) is 1.91. The van der Waals surface area contributed by atoms with Crippen molar-refractivity contribution in [1.29, 1.82) is 0 Å². The highest BCUT2D eigenvalue weighted by atomic mass is 35.5. The van der Waals surface area contributed by atoms with E-state index in [-0.39, 0.29) is 24.4 Å². The molecule has 56 valence electrons. The molecule has 0 heterocycles. The molecular weight excluding hydrogens is 140 g/mol. The molecule has 9 heavy (non-hydrogen) atoms. The number of primary amides is 1. The van der Waals surface area contributed by atoms with Gasteiger partial charge in [0.1, 0.15) is 0 Å². The van der Waals surface area contributed by atoms with Crippen molar-refractivity contribution in [3.8, 4) is 0 Å². The van der Waals surface area contributed by atoms with Gasteiger partial charge in [-0.25, -0.2) is 0 Å². The van der Waals surface area contributed by atoms with E-state index in [4.69, 9.17) is 5.73 Å². The van der Waals surface area contributed by atoms with E-state index in [2.05, 4.69) is 5.32 Å². The van der Waals surface area contributed by atoms with Crippen LogP contribution in [0.3, 0.4) is 0 Å². The molecule has 0 aliphatic carbocycles. The van der Waals surface area contributed by atoms with Gasteiger partial charge in [-0.15, -0.1) is 12.4 Å². The lowest BCUT2D eigenvalue weighted by molar-refractivity contribution is -0.119. The van der Waals surface area contributed by atoms with Crippen LogP contribution in [0.4, 0.5) is 0 Å². The summed E-state index contributed by atoms with van der Waals surface area (Å²) < 4.78 is 0. The fourth-order valence-corrected chi connectivity index (χ4v) is 0.548. The zero-order valence-corrected chi connectivity index (χ0v) is 6.49. The van der Waals surface area contributed by atoms with Gasteiger partial charge >= 0.3 is 0 Å². The van der Waals surface area contributed by atoms with E-state index < -0.39 is 0 Å². The highest BCUT2D eigenvalue weighted by Crippen LogP contribution is 1.84. The van der Waals surface area contributed by atoms with Gasteiger partial charge in [0.15, 0.2) is 0 Å². The van der Waals surface area contributed by atoms with Crippen LogP contribution < -0.4 is 11.1 Å². The molecule has 3 N–H and O–H groups in total. The lowest BCUT2D eigenvalue weighted by Gasteiger charge is -2.06. The van der Waals surface area contributed by atoms with Crippen molar-refractivity contribution in [3.63, 3.8) is 0 Å². The number of carbonyl (C=O) groups excluding carboxylic acids is 1. The number of nitrogens with two attached hydrogens (primary N) is 1. The smallest absolute Gasteiger partial charge is 0.234 e. The fraction of sp³-hybridized carbons (Fsp3) is 0.800. The van der Waals surface area contributed by atoms with Gasteiger partial charge in [-0.1, -0.05) is 6.92 Å². The maximum atomic E-state index is 10.3. The Labute approximate surface area is 61.4 Å². The van der Waals surface area contributed by atoms with E-state index in [0.717, 1.165) is 6.42 Å². The van der Waals surface area contributed by atoms with Gasteiger partial charge in [0, 0.05) is 0 Å². The number of halogens is 1. The minimum Gasteiger partial charge on any atom is -0.368 e. The third-order valence-electron chi connectivity index (χ3n) is 1.10. The number of hydrogen-bond acceptors (Lipinski definition) is 2. The van der Waals surface area contributed by atoms with Gasteiger partial charge in [-0.3, -0.25) is 4.79 Å². The van der Waals surface area contributed by atoms with Crippen LogP contribution in [0, 0.1) is 0 Å². The summed E-state index contributed by atoms with van der Waals surface area (Å²) in [6, 6.07) is -0.157. The second-order valence-electron chi connectivity index (χ2n) is 1.65. The van der Waals surface area contributed by atoms with Gasteiger partial charge in [-0.2, -0.15) is 0 Å². The molecule has 0 spiro atoms. The van der Waals surface area contributed by atoms with E-state index >= 15 is 0 Å². The van der Waals surface area contributed by atoms with E-state index in [1.165, 1.54) is 0 Å². The first-order valence-corrected chi connectivity index (χ1v) is 2.69. The largest absolute Gasteiger partial charge is 0.368 e. The first kappa shape index (κ1) is 11.5. The number of carbonyl (C=O) groups is 1. The van der Waals surface area contributed by atoms with E-state index in [9.17, 15) is 4.79 Å². The first-order chi connectivity index (χ1) is 3.72. The molecule has 0 radical (unpaired) electrons. The molecule has 1 unspecified atom stereocenters. The molecule has 0 saturated heterocycles. The monoisotopic (exact) mass is 152 g/mol. The molecule has 0 aromatic carbocycles. The molecule has 3 nitrogen and oxygen atoms in total. The lowest BCUT2D eigenvalue weighted by Crippen LogP contribution is -2.38. The number of hydrogen-bond donors (Lipinski definition) is 2. The van der Waals surface area contributed by atoms with Gasteiger partial charge in [0.05, 0.1) is 6.04 Å². The molecule has 4 heteroatoms. The van der Waals surface area contributed by atoms with Gasteiger partial charge < -0.3 is 11.1 Å². The average Bonchev–Trinajstić information content (AvgIpc) is 1.69. The predicted octanol–water partition coefficient (Wildman–Crippen LogP) is -0.109. The standard InChI is InChI=1S/C5H12N2O.ClH/c1-3-4(7-2)5(6)8;/h4,7H,3H2,1-2H3,(H2,6,8);1H. The number of rotatable bonds is 3. The molecule has 1 amide bonds. The third-order valence-corrected chi connectivity index (χ3v) is 1.10. The quantitative estimate of drug-likeness (QED) is 0.593. The second-order valence-corrected chi connectivity index (χ2v) is 1.65. The maximum absolute atomic E-state index is 10.3. The van der Waals surface area contributed by atoms with Crippen LogP contribution in [0.5, 0.6) is 0 Å². The number of likely N-dealkylation sites (N-methyl/N-ethyl adjacent to an activating group) is 1. The first-order valence-electron chi connectivity index (χ1n) is 2.69. The van der Waals surface area contributed by atoms with Gasteiger partial charge in [0.25, 0.3) is 0 Å². The topological polar surface area (TPSA) is 55.1 Å². The predicted molar refractivity (Wildman–Crippen MR) is 39.6 cm³/mol. The van der Waals surface area contributed by atoms with Crippen LogP contribution in [-0.4, -0.2) is 19.0 Å². The van der Waals surface area contributed by atoms with Crippen molar-refractivity contribution in [2.75, 3.05) is 7.05 Å². The molecular formula is C5H13ClN2O. The Kier molecular flexibility index (Phi) is 7.48. The molecule has 0 bridgehead atoms. The molecule has 0 saturated carbocycles. The minimum absolute atomic E-state index is 0. The summed E-state index contributed by atoms with van der Waals surface area (Å²) in [5, 5.41) is 2.78. The Morgan fingerprint density at radius 2 is 2.22 bits per heavy atom. The summed E-state index contributed by atoms with van der Waals surface area (Å²) in [4.78, 5) is 10.3. The zero-order chi connectivity index (χ0) is 6.57. The summed E-state index contributed by atoms with van der Waals surface area (Å²) >= 11 is 0. The average molecular weight is 153 g/mol. The van der Waals surface area contributed by atoms with E-state index in [1.54, 1.807) is 7.05 Å². The second kappa shape index (κ2) is 5.85. The Morgan fingerprint density at radius 1 is 1.78 bits per heavy atom. The Morgan fingerprint density at radius 3 is 2.22 bits per heavy atom. The zero-order valence-electron chi connectivity index (χ0n) is 5.68. The minimum atomic E-state index is -0.282. The van der Waals surface area contributed by atoms with Gasteiger partial charge in [0.2, 0.25) is 5.91 Å². The van der Waals surface area contributed by atoms with Gasteiger partial charge in [-0.05, 0) is 13.5 Å². The van der Waals surface area contributed by atoms with Crippen LogP contribution in [0.2, 0.25) is 0 Å². The molecule has 0 aromatic heterocycles. The third kappa shape index (κ3) is 4.24. The van der Waals surface area contributed by atoms with Crippen molar-refractivity contribution in [3.05, 3.63) is 0 Å². The summed E-state index contributed by atoms with van der Waals surface area (Å²) in [6.07, 6.45) is 0.756. The molecule has 1 atom stereocenters. The Hall–Kier alpha value is -0.280. The maximum Gasteiger partial charge on any atom is 0.234 e.